The zero-order chi connectivity index (χ0) is 37.2. The van der Waals surface area contributed by atoms with Gasteiger partial charge in [-0.25, -0.2) is 0 Å². The maximum Gasteiger partial charge on any atom is 0.0627 e. The third-order valence-corrected chi connectivity index (χ3v) is 9.55. The summed E-state index contributed by atoms with van der Waals surface area (Å²) in [6.07, 6.45) is 27.9. The first-order chi connectivity index (χ1) is 25.4. The quantitative estimate of drug-likeness (QED) is 0.120. The second-order valence-corrected chi connectivity index (χ2v) is 12.9. The van der Waals surface area contributed by atoms with Crippen molar-refractivity contribution in [2.45, 2.75) is 61.3 Å². The number of hydrogen-bond acceptors (Lipinski definition) is 0. The van der Waals surface area contributed by atoms with E-state index in [-0.39, 0.29) is 0 Å². The van der Waals surface area contributed by atoms with Crippen LogP contribution in [0.3, 0.4) is 0 Å². The van der Waals surface area contributed by atoms with E-state index in [1.807, 2.05) is 20.8 Å². The van der Waals surface area contributed by atoms with Crippen molar-refractivity contribution >= 4 is 60.1 Å². The molecule has 0 fully saturated rings. The maximum absolute atomic E-state index is 4.65. The van der Waals surface area contributed by atoms with E-state index in [9.17, 15) is 0 Å². The number of aromatic nitrogens is 2. The topological polar surface area (TPSA) is 9.86 Å². The summed E-state index contributed by atoms with van der Waals surface area (Å²) in [6, 6.07) is 26.6. The van der Waals surface area contributed by atoms with Gasteiger partial charge in [-0.1, -0.05) is 156 Å². The molecule has 0 aliphatic rings. The van der Waals surface area contributed by atoms with Crippen molar-refractivity contribution in [2.24, 2.45) is 7.05 Å². The number of hydrogen-bond donors (Lipinski definition) is 0. The second-order valence-electron chi connectivity index (χ2n) is 12.9. The Kier molecular flexibility index (Phi) is 12.7. The lowest BCUT2D eigenvalue weighted by Gasteiger charge is -2.15. The van der Waals surface area contributed by atoms with Crippen LogP contribution in [0.2, 0.25) is 0 Å². The number of para-hydroxylation sites is 2. The first-order valence-electron chi connectivity index (χ1n) is 18.8. The van der Waals surface area contributed by atoms with E-state index in [0.29, 0.717) is 0 Å². The minimum absolute atomic E-state index is 0.923. The zero-order valence-electron chi connectivity index (χ0n) is 32.4. The Morgan fingerprint density at radius 3 is 1.90 bits per heavy atom. The lowest BCUT2D eigenvalue weighted by Crippen LogP contribution is -1.99. The summed E-state index contributed by atoms with van der Waals surface area (Å²) in [5, 5.41) is 7.58. The van der Waals surface area contributed by atoms with Crippen LogP contribution < -0.4 is 0 Å². The highest BCUT2D eigenvalue weighted by Crippen LogP contribution is 2.46. The van der Waals surface area contributed by atoms with Crippen molar-refractivity contribution < 1.29 is 0 Å². The van der Waals surface area contributed by atoms with Crippen LogP contribution >= 0.6 is 0 Å². The van der Waals surface area contributed by atoms with E-state index in [1.165, 1.54) is 65.5 Å². The third-order valence-electron chi connectivity index (χ3n) is 9.55. The fourth-order valence-electron chi connectivity index (χ4n) is 7.05. The molecule has 0 unspecified atom stereocenters. The third kappa shape index (κ3) is 7.39. The van der Waals surface area contributed by atoms with E-state index in [4.69, 9.17) is 0 Å². The molecule has 0 saturated heterocycles. The molecular weight excluding hydrogens is 629 g/mol. The van der Waals surface area contributed by atoms with Gasteiger partial charge >= 0.3 is 0 Å². The predicted octanol–water partition coefficient (Wildman–Crippen LogP) is 14.9. The molecular formula is C50H54N2. The zero-order valence-corrected chi connectivity index (χ0v) is 32.4. The lowest BCUT2D eigenvalue weighted by atomic mass is 9.99. The number of rotatable bonds is 11. The Morgan fingerprint density at radius 1 is 0.654 bits per heavy atom. The van der Waals surface area contributed by atoms with Crippen LogP contribution in [0.15, 0.2) is 175 Å². The highest BCUT2D eigenvalue weighted by molar-refractivity contribution is 6.37. The molecule has 0 spiro atoms. The normalized spacial score (nSPS) is 13.8. The van der Waals surface area contributed by atoms with Gasteiger partial charge in [0.2, 0.25) is 0 Å². The van der Waals surface area contributed by atoms with E-state index in [1.54, 1.807) is 0 Å². The van der Waals surface area contributed by atoms with Crippen molar-refractivity contribution in [3.8, 4) is 0 Å². The molecule has 2 nitrogen and oxygen atoms in total. The van der Waals surface area contributed by atoms with Crippen LogP contribution in [-0.2, 0) is 7.05 Å². The first kappa shape index (κ1) is 37.7. The Balaban J connectivity index is 0.00000257. The fourth-order valence-corrected chi connectivity index (χ4v) is 7.05. The highest BCUT2D eigenvalue weighted by Gasteiger charge is 2.23. The molecule has 0 aliphatic carbocycles. The summed E-state index contributed by atoms with van der Waals surface area (Å²) >= 11 is 0. The summed E-state index contributed by atoms with van der Waals surface area (Å²) < 4.78 is 4.85. The van der Waals surface area contributed by atoms with Crippen molar-refractivity contribution in [3.63, 3.8) is 0 Å². The average molecular weight is 683 g/mol. The Hall–Kier alpha value is -5.60. The average Bonchev–Trinajstić information content (AvgIpc) is 3.67. The minimum atomic E-state index is 0.923. The number of aryl methyl sites for hydroxylation is 1. The summed E-state index contributed by atoms with van der Waals surface area (Å²) in [4.78, 5) is 0. The van der Waals surface area contributed by atoms with E-state index < -0.39 is 0 Å². The fraction of sp³-hybridized carbons (Fsp3) is 0.200. The molecule has 4 aromatic carbocycles. The Bertz CT molecular complexity index is 2490. The molecule has 264 valence electrons. The first-order valence-corrected chi connectivity index (χ1v) is 18.8. The number of allylic oxidation sites excluding steroid dienone is 17. The van der Waals surface area contributed by atoms with Gasteiger partial charge in [0.05, 0.1) is 16.6 Å². The predicted molar refractivity (Wildman–Crippen MR) is 234 cm³/mol. The van der Waals surface area contributed by atoms with Crippen LogP contribution in [0.5, 0.6) is 0 Å². The van der Waals surface area contributed by atoms with Gasteiger partial charge in [-0.05, 0) is 80.2 Å². The molecule has 52 heavy (non-hydrogen) atoms. The second kappa shape index (κ2) is 17.6. The molecule has 0 bridgehead atoms. The van der Waals surface area contributed by atoms with Crippen molar-refractivity contribution in [2.75, 3.05) is 0 Å². The van der Waals surface area contributed by atoms with E-state index in [2.05, 4.69) is 196 Å². The van der Waals surface area contributed by atoms with Crippen LogP contribution in [0.1, 0.15) is 61.3 Å². The standard InChI is InChI=1S/C48H48N2.C2H6/c1-8-11-13-14-16-24-34(4)35(5)32-38(33-36(6)37(23-10-3)25-15-12-9-2)50-44-31-22-20-29-42(44)46-45-41-28-19-21-30-43(41)49(7)47(45)39-26-17-18-27-40(39)48(46)50;1-2/h9,11-33H,6,8,10H2,1-5,7H3;1-2H3/b12-9-,13-11+,16-14-,25-15-,34-24+,35-32+,37-23-,38-33+;. The lowest BCUT2D eigenvalue weighted by molar-refractivity contribution is 1.02. The minimum Gasteiger partial charge on any atom is -0.343 e. The Morgan fingerprint density at radius 2 is 1.25 bits per heavy atom. The van der Waals surface area contributed by atoms with Gasteiger partial charge in [0, 0.05) is 50.6 Å². The summed E-state index contributed by atoms with van der Waals surface area (Å²) in [6.45, 7) is 19.4. The molecule has 2 heteroatoms. The monoisotopic (exact) mass is 682 g/mol. The van der Waals surface area contributed by atoms with Gasteiger partial charge in [0.15, 0.2) is 0 Å². The van der Waals surface area contributed by atoms with E-state index in [0.717, 1.165) is 29.7 Å². The van der Waals surface area contributed by atoms with Crippen molar-refractivity contribution in [1.82, 2.24) is 9.13 Å². The smallest absolute Gasteiger partial charge is 0.0627 e. The van der Waals surface area contributed by atoms with Gasteiger partial charge in [0.25, 0.3) is 0 Å². The van der Waals surface area contributed by atoms with Crippen LogP contribution in [0.25, 0.3) is 60.1 Å². The highest BCUT2D eigenvalue weighted by atomic mass is 15.0. The molecule has 2 aromatic heterocycles. The van der Waals surface area contributed by atoms with Gasteiger partial charge in [-0.2, -0.15) is 0 Å². The molecule has 0 atom stereocenters. The van der Waals surface area contributed by atoms with Crippen molar-refractivity contribution in [1.29, 1.82) is 0 Å². The molecule has 6 aromatic rings. The van der Waals surface area contributed by atoms with Crippen LogP contribution in [-0.4, -0.2) is 9.13 Å². The summed E-state index contributed by atoms with van der Waals surface area (Å²) in [5.74, 6) is 0. The number of nitrogens with zero attached hydrogens (tertiary/aromatic N) is 2. The van der Waals surface area contributed by atoms with Crippen LogP contribution in [0, 0.1) is 0 Å². The van der Waals surface area contributed by atoms with E-state index >= 15 is 0 Å². The molecule has 0 amide bonds. The van der Waals surface area contributed by atoms with Gasteiger partial charge in [-0.3, -0.25) is 0 Å². The Labute approximate surface area is 311 Å². The molecule has 0 saturated carbocycles. The molecule has 0 N–H and O–H groups in total. The molecule has 2 heterocycles. The maximum atomic E-state index is 4.65. The van der Waals surface area contributed by atoms with Crippen molar-refractivity contribution in [3.05, 3.63) is 175 Å². The number of fused-ring (bicyclic) bond motifs is 10. The van der Waals surface area contributed by atoms with Gasteiger partial charge in [0.1, 0.15) is 0 Å². The summed E-state index contributed by atoms with van der Waals surface area (Å²) in [7, 11) is 2.20. The SMILES string of the molecule is C=C(\C=C(/C=C(C)/C(C)=C/C=C\C=C\CC)n1c2ccccc2c2c3c4ccccc4n(C)c3c3ccccc3c21)C(/C=C\C=C/C)=C\CC.CC. The molecule has 0 radical (unpaired) electrons. The number of benzene rings is 4. The van der Waals surface area contributed by atoms with Gasteiger partial charge < -0.3 is 9.13 Å². The largest absolute Gasteiger partial charge is 0.343 e. The summed E-state index contributed by atoms with van der Waals surface area (Å²) in [5.41, 5.74) is 10.5. The molecule has 6 rings (SSSR count). The van der Waals surface area contributed by atoms with Gasteiger partial charge in [-0.15, -0.1) is 0 Å². The van der Waals surface area contributed by atoms with Crippen LogP contribution in [0.4, 0.5) is 0 Å². The molecule has 0 aliphatic heterocycles.